The van der Waals surface area contributed by atoms with Gasteiger partial charge in [0.05, 0.1) is 16.7 Å². The fraction of sp³-hybridized carbons (Fsp3) is 0.0833. The van der Waals surface area contributed by atoms with E-state index >= 15 is 0 Å². The lowest BCUT2D eigenvalue weighted by atomic mass is 9.99. The Bertz CT molecular complexity index is 607. The third-order valence-corrected chi connectivity index (χ3v) is 3.21. The SMILES string of the molecule is NNC(c1cncc(F)c1)c1c(F)ccc(Br)c1F. The van der Waals surface area contributed by atoms with Gasteiger partial charge in [-0.2, -0.15) is 0 Å². The maximum atomic E-state index is 14.0. The molecule has 7 heteroatoms. The Labute approximate surface area is 115 Å². The summed E-state index contributed by atoms with van der Waals surface area (Å²) < 4.78 is 41.0. The second-order valence-corrected chi connectivity index (χ2v) is 4.65. The van der Waals surface area contributed by atoms with Crippen molar-refractivity contribution < 1.29 is 13.2 Å². The van der Waals surface area contributed by atoms with Crippen LogP contribution in [0.3, 0.4) is 0 Å². The number of benzene rings is 1. The van der Waals surface area contributed by atoms with Gasteiger partial charge in [-0.15, -0.1) is 0 Å². The Hall–Kier alpha value is -1.44. The third-order valence-electron chi connectivity index (χ3n) is 2.59. The molecule has 0 aliphatic rings. The number of hydrogen-bond donors (Lipinski definition) is 2. The molecule has 0 saturated heterocycles. The highest BCUT2D eigenvalue weighted by Gasteiger charge is 2.23. The van der Waals surface area contributed by atoms with Gasteiger partial charge in [0, 0.05) is 11.8 Å². The lowest BCUT2D eigenvalue weighted by Crippen LogP contribution is -2.30. The zero-order valence-corrected chi connectivity index (χ0v) is 11.1. The average molecular weight is 332 g/mol. The number of hydrogen-bond acceptors (Lipinski definition) is 3. The van der Waals surface area contributed by atoms with E-state index in [1.807, 2.05) is 0 Å². The predicted molar refractivity (Wildman–Crippen MR) is 67.4 cm³/mol. The van der Waals surface area contributed by atoms with Gasteiger partial charge in [-0.05, 0) is 39.7 Å². The van der Waals surface area contributed by atoms with Gasteiger partial charge in [0.15, 0.2) is 0 Å². The average Bonchev–Trinajstić information content (AvgIpc) is 2.39. The van der Waals surface area contributed by atoms with Gasteiger partial charge < -0.3 is 0 Å². The first-order valence-electron chi connectivity index (χ1n) is 5.24. The Morgan fingerprint density at radius 1 is 1.21 bits per heavy atom. The first-order chi connectivity index (χ1) is 9.04. The summed E-state index contributed by atoms with van der Waals surface area (Å²) in [5.41, 5.74) is 2.18. The zero-order valence-electron chi connectivity index (χ0n) is 9.50. The van der Waals surface area contributed by atoms with Gasteiger partial charge in [-0.1, -0.05) is 0 Å². The second-order valence-electron chi connectivity index (χ2n) is 3.79. The number of halogens is 4. The van der Waals surface area contributed by atoms with E-state index in [0.29, 0.717) is 0 Å². The van der Waals surface area contributed by atoms with Crippen molar-refractivity contribution in [1.82, 2.24) is 10.4 Å². The molecule has 0 aliphatic heterocycles. The van der Waals surface area contributed by atoms with E-state index < -0.39 is 23.5 Å². The van der Waals surface area contributed by atoms with Crippen molar-refractivity contribution in [3.63, 3.8) is 0 Å². The summed E-state index contributed by atoms with van der Waals surface area (Å²) >= 11 is 2.96. The zero-order chi connectivity index (χ0) is 14.0. The quantitative estimate of drug-likeness (QED) is 0.516. The number of pyridine rings is 1. The highest BCUT2D eigenvalue weighted by atomic mass is 79.9. The molecule has 19 heavy (non-hydrogen) atoms. The summed E-state index contributed by atoms with van der Waals surface area (Å²) in [6, 6.07) is 2.41. The Morgan fingerprint density at radius 2 is 1.95 bits per heavy atom. The number of aromatic nitrogens is 1. The molecule has 1 heterocycles. The smallest absolute Gasteiger partial charge is 0.145 e. The molecule has 1 aromatic carbocycles. The van der Waals surface area contributed by atoms with E-state index in [0.717, 1.165) is 18.3 Å². The van der Waals surface area contributed by atoms with Crippen LogP contribution < -0.4 is 11.3 Å². The maximum absolute atomic E-state index is 14.0. The molecule has 3 N–H and O–H groups in total. The molecule has 2 aromatic rings. The van der Waals surface area contributed by atoms with E-state index in [4.69, 9.17) is 5.84 Å². The first-order valence-corrected chi connectivity index (χ1v) is 6.04. The second kappa shape index (κ2) is 5.68. The van der Waals surface area contributed by atoms with Crippen LogP contribution in [-0.4, -0.2) is 4.98 Å². The van der Waals surface area contributed by atoms with Crippen LogP contribution in [0.5, 0.6) is 0 Å². The molecule has 0 amide bonds. The van der Waals surface area contributed by atoms with Crippen molar-refractivity contribution in [3.8, 4) is 0 Å². The van der Waals surface area contributed by atoms with Crippen LogP contribution in [-0.2, 0) is 0 Å². The van der Waals surface area contributed by atoms with E-state index in [2.05, 4.69) is 26.3 Å². The molecular formula is C12H9BrF3N3. The monoisotopic (exact) mass is 331 g/mol. The molecule has 1 aromatic heterocycles. The Balaban J connectivity index is 2.57. The number of nitrogens with one attached hydrogen (secondary N) is 1. The summed E-state index contributed by atoms with van der Waals surface area (Å²) in [5, 5.41) is 0. The minimum atomic E-state index is -1.04. The van der Waals surface area contributed by atoms with Crippen molar-refractivity contribution in [2.75, 3.05) is 0 Å². The summed E-state index contributed by atoms with van der Waals surface area (Å²) in [5.74, 6) is 3.13. The Kier molecular flexibility index (Phi) is 4.18. The van der Waals surface area contributed by atoms with Crippen LogP contribution >= 0.6 is 15.9 Å². The van der Waals surface area contributed by atoms with Crippen molar-refractivity contribution in [2.24, 2.45) is 5.84 Å². The van der Waals surface area contributed by atoms with Crippen LogP contribution in [0.15, 0.2) is 35.1 Å². The first kappa shape index (κ1) is 14.0. The lowest BCUT2D eigenvalue weighted by molar-refractivity contribution is 0.504. The number of rotatable bonds is 3. The van der Waals surface area contributed by atoms with Crippen molar-refractivity contribution in [3.05, 3.63) is 63.6 Å². The van der Waals surface area contributed by atoms with Crippen LogP contribution in [0.2, 0.25) is 0 Å². The number of nitrogens with zero attached hydrogens (tertiary/aromatic N) is 1. The van der Waals surface area contributed by atoms with Crippen molar-refractivity contribution in [2.45, 2.75) is 6.04 Å². The summed E-state index contributed by atoms with van der Waals surface area (Å²) in [4.78, 5) is 3.63. The molecule has 1 atom stereocenters. The molecule has 3 nitrogen and oxygen atoms in total. The summed E-state index contributed by atoms with van der Waals surface area (Å²) in [6.45, 7) is 0. The molecular weight excluding hydrogens is 323 g/mol. The Morgan fingerprint density at radius 3 is 2.58 bits per heavy atom. The van der Waals surface area contributed by atoms with E-state index in [-0.39, 0.29) is 15.6 Å². The van der Waals surface area contributed by atoms with Gasteiger partial charge in [0.1, 0.15) is 17.5 Å². The van der Waals surface area contributed by atoms with Gasteiger partial charge in [-0.3, -0.25) is 10.8 Å². The van der Waals surface area contributed by atoms with Crippen molar-refractivity contribution >= 4 is 15.9 Å². The highest BCUT2D eigenvalue weighted by molar-refractivity contribution is 9.10. The summed E-state index contributed by atoms with van der Waals surface area (Å²) in [7, 11) is 0. The van der Waals surface area contributed by atoms with Crippen LogP contribution in [0.25, 0.3) is 0 Å². The van der Waals surface area contributed by atoms with Gasteiger partial charge >= 0.3 is 0 Å². The summed E-state index contributed by atoms with van der Waals surface area (Å²) in [6.07, 6.45) is 2.28. The lowest BCUT2D eigenvalue weighted by Gasteiger charge is -2.18. The molecule has 1 unspecified atom stereocenters. The third kappa shape index (κ3) is 2.78. The fourth-order valence-corrected chi connectivity index (χ4v) is 2.09. The number of hydrazine groups is 1. The highest BCUT2D eigenvalue weighted by Crippen LogP contribution is 2.30. The van der Waals surface area contributed by atoms with Crippen LogP contribution in [0, 0.1) is 17.5 Å². The minimum absolute atomic E-state index is 0.0912. The normalized spacial score (nSPS) is 12.5. The topological polar surface area (TPSA) is 50.9 Å². The van der Waals surface area contributed by atoms with E-state index in [1.54, 1.807) is 0 Å². The number of nitrogens with two attached hydrogens (primary N) is 1. The fourth-order valence-electron chi connectivity index (χ4n) is 1.74. The largest absolute Gasteiger partial charge is 0.271 e. The molecule has 0 saturated carbocycles. The molecule has 100 valence electrons. The van der Waals surface area contributed by atoms with Gasteiger partial charge in [-0.25, -0.2) is 18.6 Å². The predicted octanol–water partition coefficient (Wildman–Crippen LogP) is 2.81. The molecule has 0 aliphatic carbocycles. The van der Waals surface area contributed by atoms with Crippen molar-refractivity contribution in [1.29, 1.82) is 0 Å². The van der Waals surface area contributed by atoms with Gasteiger partial charge in [0.25, 0.3) is 0 Å². The molecule has 0 fully saturated rings. The van der Waals surface area contributed by atoms with Crippen LogP contribution in [0.1, 0.15) is 17.2 Å². The minimum Gasteiger partial charge on any atom is -0.271 e. The van der Waals surface area contributed by atoms with E-state index in [9.17, 15) is 13.2 Å². The standard InChI is InChI=1S/C12H9BrF3N3/c13-8-1-2-9(15)10(11(8)16)12(19-17)6-3-7(14)5-18-4-6/h1-5,12,19H,17H2. The van der Waals surface area contributed by atoms with Gasteiger partial charge in [0.2, 0.25) is 0 Å². The molecule has 0 bridgehead atoms. The maximum Gasteiger partial charge on any atom is 0.145 e. The van der Waals surface area contributed by atoms with Crippen LogP contribution in [0.4, 0.5) is 13.2 Å². The molecule has 0 radical (unpaired) electrons. The van der Waals surface area contributed by atoms with E-state index in [1.165, 1.54) is 12.3 Å². The molecule has 0 spiro atoms. The molecule has 2 rings (SSSR count).